The Morgan fingerprint density at radius 2 is 1.41 bits per heavy atom. The lowest BCUT2D eigenvalue weighted by Gasteiger charge is -2.11. The summed E-state index contributed by atoms with van der Waals surface area (Å²) in [6.07, 6.45) is 12.9. The fourth-order valence-corrected chi connectivity index (χ4v) is 3.26. The maximum Gasteiger partial charge on any atom is 0.119 e. The van der Waals surface area contributed by atoms with Crippen LogP contribution in [0.25, 0.3) is 0 Å². The number of benzene rings is 1. The summed E-state index contributed by atoms with van der Waals surface area (Å²) in [5.41, 5.74) is 8.65. The first-order chi connectivity index (χ1) is 13.6. The zero-order valence-electron chi connectivity index (χ0n) is 19.5. The van der Waals surface area contributed by atoms with Gasteiger partial charge in [-0.2, -0.15) is 0 Å². The molecular formula is C27H40O2. The van der Waals surface area contributed by atoms with Gasteiger partial charge < -0.3 is 10.2 Å². The van der Waals surface area contributed by atoms with Crippen LogP contribution in [0.3, 0.4) is 0 Å². The van der Waals surface area contributed by atoms with E-state index < -0.39 is 0 Å². The normalized spacial score (nSPS) is 12.1. The van der Waals surface area contributed by atoms with Gasteiger partial charge in [0.2, 0.25) is 0 Å². The predicted octanol–water partition coefficient (Wildman–Crippen LogP) is 8.09. The van der Waals surface area contributed by atoms with Crippen LogP contribution >= 0.6 is 0 Å². The molecule has 0 aliphatic heterocycles. The first-order valence-corrected chi connectivity index (χ1v) is 10.7. The zero-order chi connectivity index (χ0) is 22.0. The van der Waals surface area contributed by atoms with E-state index in [9.17, 15) is 10.2 Å². The highest BCUT2D eigenvalue weighted by atomic mass is 16.3. The van der Waals surface area contributed by atoms with Crippen molar-refractivity contribution in [2.45, 2.75) is 87.0 Å². The Morgan fingerprint density at radius 3 is 2.03 bits per heavy atom. The molecule has 0 spiro atoms. The Bertz CT molecular complexity index is 796. The maximum absolute atomic E-state index is 10.1. The quantitative estimate of drug-likeness (QED) is 0.310. The Hall–Kier alpha value is -2.22. The summed E-state index contributed by atoms with van der Waals surface area (Å²) in [6.45, 7) is 14.9. The molecule has 0 unspecified atom stereocenters. The highest BCUT2D eigenvalue weighted by Gasteiger charge is 2.08. The average Bonchev–Trinajstić information content (AvgIpc) is 2.64. The SMILES string of the molecule is CC(C)=CCC/C(C)=C/CC(CC/C(C)=C/Cc1c(O)ccc(O)c1C)=C(C)C. The number of hydrogen-bond donors (Lipinski definition) is 2. The van der Waals surface area contributed by atoms with Crippen molar-refractivity contribution in [1.29, 1.82) is 0 Å². The van der Waals surface area contributed by atoms with E-state index in [0.717, 1.165) is 43.2 Å². The maximum atomic E-state index is 10.1. The summed E-state index contributed by atoms with van der Waals surface area (Å²) in [7, 11) is 0. The van der Waals surface area contributed by atoms with Crippen LogP contribution in [0.15, 0.2) is 58.2 Å². The molecule has 2 N–H and O–H groups in total. The van der Waals surface area contributed by atoms with Crippen LogP contribution in [0.1, 0.15) is 84.8 Å². The molecule has 29 heavy (non-hydrogen) atoms. The fourth-order valence-electron chi connectivity index (χ4n) is 3.26. The summed E-state index contributed by atoms with van der Waals surface area (Å²) in [5.74, 6) is 0.491. The van der Waals surface area contributed by atoms with Gasteiger partial charge in [0.05, 0.1) is 0 Å². The molecule has 0 bridgehead atoms. The molecule has 0 radical (unpaired) electrons. The van der Waals surface area contributed by atoms with Gasteiger partial charge in [0.15, 0.2) is 0 Å². The molecule has 0 aliphatic carbocycles. The van der Waals surface area contributed by atoms with E-state index in [2.05, 4.69) is 59.8 Å². The van der Waals surface area contributed by atoms with Crippen molar-refractivity contribution < 1.29 is 10.2 Å². The third-order valence-electron chi connectivity index (χ3n) is 5.52. The lowest BCUT2D eigenvalue weighted by Crippen LogP contribution is -1.92. The van der Waals surface area contributed by atoms with Crippen LogP contribution in [0, 0.1) is 6.92 Å². The summed E-state index contributed by atoms with van der Waals surface area (Å²) in [6, 6.07) is 3.11. The van der Waals surface area contributed by atoms with E-state index in [1.807, 2.05) is 6.92 Å². The largest absolute Gasteiger partial charge is 0.508 e. The molecule has 0 fully saturated rings. The molecule has 0 atom stereocenters. The third-order valence-corrected chi connectivity index (χ3v) is 5.52. The molecule has 1 rings (SSSR count). The molecule has 2 nitrogen and oxygen atoms in total. The second-order valence-electron chi connectivity index (χ2n) is 8.64. The average molecular weight is 397 g/mol. The minimum Gasteiger partial charge on any atom is -0.508 e. The number of phenols is 2. The highest BCUT2D eigenvalue weighted by molar-refractivity contribution is 5.47. The molecule has 0 aromatic heterocycles. The van der Waals surface area contributed by atoms with E-state index in [4.69, 9.17) is 0 Å². The van der Waals surface area contributed by atoms with E-state index in [1.165, 1.54) is 27.9 Å². The Morgan fingerprint density at radius 1 is 0.793 bits per heavy atom. The number of allylic oxidation sites excluding steroid dienone is 8. The van der Waals surface area contributed by atoms with E-state index in [0.29, 0.717) is 6.42 Å². The van der Waals surface area contributed by atoms with Crippen molar-refractivity contribution >= 4 is 0 Å². The molecule has 1 aromatic rings. The smallest absolute Gasteiger partial charge is 0.119 e. The van der Waals surface area contributed by atoms with Crippen molar-refractivity contribution in [3.63, 3.8) is 0 Å². The number of aromatic hydroxyl groups is 2. The third kappa shape index (κ3) is 9.21. The number of phenolic OH excluding ortho intramolecular Hbond substituents is 2. The van der Waals surface area contributed by atoms with Crippen LogP contribution < -0.4 is 0 Å². The Kier molecular flexibility index (Phi) is 10.6. The van der Waals surface area contributed by atoms with Gasteiger partial charge in [-0.15, -0.1) is 0 Å². The van der Waals surface area contributed by atoms with Crippen molar-refractivity contribution in [1.82, 2.24) is 0 Å². The second-order valence-corrected chi connectivity index (χ2v) is 8.64. The van der Waals surface area contributed by atoms with Gasteiger partial charge in [0.25, 0.3) is 0 Å². The van der Waals surface area contributed by atoms with Crippen LogP contribution in [0.2, 0.25) is 0 Å². The molecule has 1 aromatic carbocycles. The van der Waals surface area contributed by atoms with E-state index in [-0.39, 0.29) is 11.5 Å². The number of rotatable bonds is 10. The van der Waals surface area contributed by atoms with Gasteiger partial charge in [-0.3, -0.25) is 0 Å². The summed E-state index contributed by atoms with van der Waals surface area (Å²) in [4.78, 5) is 0. The van der Waals surface area contributed by atoms with Crippen molar-refractivity contribution in [3.8, 4) is 11.5 Å². The lowest BCUT2D eigenvalue weighted by molar-refractivity contribution is 0.452. The molecule has 0 aliphatic rings. The van der Waals surface area contributed by atoms with Crippen molar-refractivity contribution in [2.75, 3.05) is 0 Å². The molecule has 0 heterocycles. The Balaban J connectivity index is 2.66. The summed E-state index contributed by atoms with van der Waals surface area (Å²) < 4.78 is 0. The van der Waals surface area contributed by atoms with Crippen molar-refractivity contribution in [3.05, 3.63) is 69.4 Å². The predicted molar refractivity (Wildman–Crippen MR) is 127 cm³/mol. The Labute approximate surface area is 178 Å². The molecular weight excluding hydrogens is 356 g/mol. The first kappa shape index (κ1) is 24.8. The van der Waals surface area contributed by atoms with Crippen molar-refractivity contribution in [2.24, 2.45) is 0 Å². The highest BCUT2D eigenvalue weighted by Crippen LogP contribution is 2.29. The summed E-state index contributed by atoms with van der Waals surface area (Å²) in [5, 5.41) is 19.9. The second kappa shape index (κ2) is 12.4. The minimum atomic E-state index is 0.238. The van der Waals surface area contributed by atoms with Gasteiger partial charge >= 0.3 is 0 Å². The van der Waals surface area contributed by atoms with Crippen LogP contribution in [0.4, 0.5) is 0 Å². The first-order valence-electron chi connectivity index (χ1n) is 10.7. The van der Waals surface area contributed by atoms with Gasteiger partial charge in [-0.05, 0) is 105 Å². The van der Waals surface area contributed by atoms with Crippen LogP contribution in [-0.4, -0.2) is 10.2 Å². The van der Waals surface area contributed by atoms with E-state index >= 15 is 0 Å². The van der Waals surface area contributed by atoms with Gasteiger partial charge in [-0.1, -0.05) is 46.1 Å². The molecule has 0 amide bonds. The fraction of sp³-hybridized carbons (Fsp3) is 0.481. The molecule has 160 valence electrons. The van der Waals surface area contributed by atoms with Crippen LogP contribution in [0.5, 0.6) is 11.5 Å². The monoisotopic (exact) mass is 396 g/mol. The topological polar surface area (TPSA) is 40.5 Å². The van der Waals surface area contributed by atoms with E-state index in [1.54, 1.807) is 12.1 Å². The minimum absolute atomic E-state index is 0.238. The molecule has 0 saturated carbocycles. The van der Waals surface area contributed by atoms with Gasteiger partial charge in [0, 0.05) is 5.56 Å². The standard InChI is InChI=1S/C27H40O2/c1-19(2)9-8-10-21(5)11-14-24(20(3)4)15-12-22(6)13-16-25-23(7)26(28)17-18-27(25)29/h9,11,13,17-18,28-29H,8,10,12,14-16H2,1-7H3/b21-11+,22-13+. The molecule has 0 saturated heterocycles. The number of hydrogen-bond acceptors (Lipinski definition) is 2. The summed E-state index contributed by atoms with van der Waals surface area (Å²) >= 11 is 0. The zero-order valence-corrected chi connectivity index (χ0v) is 19.5. The van der Waals surface area contributed by atoms with Gasteiger partial charge in [-0.25, -0.2) is 0 Å². The van der Waals surface area contributed by atoms with Crippen LogP contribution in [-0.2, 0) is 6.42 Å². The lowest BCUT2D eigenvalue weighted by atomic mass is 9.96. The molecule has 2 heteroatoms. The van der Waals surface area contributed by atoms with Gasteiger partial charge in [0.1, 0.15) is 11.5 Å².